The van der Waals surface area contributed by atoms with Crippen molar-refractivity contribution >= 4 is 17.6 Å². The van der Waals surface area contributed by atoms with Gasteiger partial charge in [-0.2, -0.15) is 13.8 Å². The molecule has 0 unspecified atom stereocenters. The Morgan fingerprint density at radius 1 is 1.33 bits per heavy atom. The highest BCUT2D eigenvalue weighted by atomic mass is 35.5. The van der Waals surface area contributed by atoms with Crippen molar-refractivity contribution in [2.75, 3.05) is 7.11 Å². The van der Waals surface area contributed by atoms with E-state index in [1.165, 1.54) is 13.2 Å². The number of aromatic nitrogens is 2. The largest absolute Gasteiger partial charge is 0.495 e. The number of rotatable bonds is 6. The summed E-state index contributed by atoms with van der Waals surface area (Å²) < 4.78 is 44.2. The molecule has 0 spiro atoms. The number of halogens is 3. The fourth-order valence-corrected chi connectivity index (χ4v) is 2.31. The van der Waals surface area contributed by atoms with Crippen molar-refractivity contribution in [1.29, 1.82) is 0 Å². The first-order chi connectivity index (χ1) is 12.4. The van der Waals surface area contributed by atoms with Crippen molar-refractivity contribution in [2.45, 2.75) is 38.7 Å². The number of nitrogens with zero attached hydrogens (tertiary/aromatic N) is 2. The lowest BCUT2D eigenvalue weighted by Crippen LogP contribution is -2.25. The molecule has 1 heterocycles. The molecular formula is C18H19ClF2N2O4. The Kier molecular flexibility index (Phi) is 5.89. The summed E-state index contributed by atoms with van der Waals surface area (Å²) >= 11 is 5.90. The summed E-state index contributed by atoms with van der Waals surface area (Å²) in [6.07, 6.45) is -0.207. The zero-order valence-electron chi connectivity index (χ0n) is 15.3. The minimum Gasteiger partial charge on any atom is -0.495 e. The Hall–Kier alpha value is -2.48. The van der Waals surface area contributed by atoms with Crippen LogP contribution in [-0.4, -0.2) is 28.8 Å². The highest BCUT2D eigenvalue weighted by molar-refractivity contribution is 6.32. The molecule has 0 N–H and O–H groups in total. The van der Waals surface area contributed by atoms with Gasteiger partial charge in [0.2, 0.25) is 11.7 Å². The SMILES string of the molecule is C=C(Cc1nc(C(F)(F)c2ccc(OC)c(Cl)c2)no1)C(=O)OC(C)(C)C. The lowest BCUT2D eigenvalue weighted by molar-refractivity contribution is -0.150. The van der Waals surface area contributed by atoms with Crippen molar-refractivity contribution in [2.24, 2.45) is 0 Å². The van der Waals surface area contributed by atoms with E-state index in [9.17, 15) is 13.6 Å². The van der Waals surface area contributed by atoms with Crippen LogP contribution in [0.4, 0.5) is 8.78 Å². The van der Waals surface area contributed by atoms with E-state index in [4.69, 9.17) is 25.6 Å². The van der Waals surface area contributed by atoms with E-state index in [0.717, 1.165) is 12.1 Å². The standard InChI is InChI=1S/C18H19ClF2N2O4/c1-10(15(24)26-17(2,3)4)8-14-22-16(23-27-14)18(20,21)11-6-7-13(25-5)12(19)9-11/h6-7,9H,1,8H2,2-5H3. The summed E-state index contributed by atoms with van der Waals surface area (Å²) in [5, 5.41) is 3.34. The summed E-state index contributed by atoms with van der Waals surface area (Å²) in [6, 6.07) is 3.54. The quantitative estimate of drug-likeness (QED) is 0.531. The van der Waals surface area contributed by atoms with Crippen LogP contribution in [0.25, 0.3) is 0 Å². The second kappa shape index (κ2) is 7.64. The maximum Gasteiger partial charge on any atom is 0.335 e. The molecule has 0 radical (unpaired) electrons. The highest BCUT2D eigenvalue weighted by Crippen LogP contribution is 2.37. The summed E-state index contributed by atoms with van der Waals surface area (Å²) in [7, 11) is 1.38. The molecule has 0 saturated heterocycles. The van der Waals surface area contributed by atoms with Crippen LogP contribution in [0.3, 0.4) is 0 Å². The third-order valence-corrected chi connectivity index (χ3v) is 3.61. The molecule has 146 valence electrons. The van der Waals surface area contributed by atoms with Crippen LogP contribution in [0.2, 0.25) is 5.02 Å². The van der Waals surface area contributed by atoms with E-state index in [1.54, 1.807) is 20.8 Å². The van der Waals surface area contributed by atoms with Crippen molar-refractivity contribution in [3.8, 4) is 5.75 Å². The van der Waals surface area contributed by atoms with E-state index in [0.29, 0.717) is 0 Å². The van der Waals surface area contributed by atoms with Crippen LogP contribution in [0.5, 0.6) is 5.75 Å². The number of hydrogen-bond donors (Lipinski definition) is 0. The molecule has 0 aliphatic carbocycles. The minimum atomic E-state index is -3.55. The predicted molar refractivity (Wildman–Crippen MR) is 94.0 cm³/mol. The van der Waals surface area contributed by atoms with E-state index in [1.807, 2.05) is 0 Å². The van der Waals surface area contributed by atoms with Gasteiger partial charge in [-0.3, -0.25) is 0 Å². The Morgan fingerprint density at radius 3 is 2.56 bits per heavy atom. The van der Waals surface area contributed by atoms with Gasteiger partial charge in [-0.1, -0.05) is 23.3 Å². The fourth-order valence-electron chi connectivity index (χ4n) is 2.05. The smallest absolute Gasteiger partial charge is 0.335 e. The van der Waals surface area contributed by atoms with Crippen LogP contribution < -0.4 is 4.74 Å². The molecule has 6 nitrogen and oxygen atoms in total. The normalized spacial score (nSPS) is 12.0. The average molecular weight is 401 g/mol. The van der Waals surface area contributed by atoms with Crippen LogP contribution >= 0.6 is 11.6 Å². The molecular weight excluding hydrogens is 382 g/mol. The second-order valence-corrected chi connectivity index (χ2v) is 7.12. The summed E-state index contributed by atoms with van der Waals surface area (Å²) in [5.41, 5.74) is -1.12. The Bertz CT molecular complexity index is 859. The summed E-state index contributed by atoms with van der Waals surface area (Å²) in [5.74, 6) is -4.99. The number of hydrogen-bond acceptors (Lipinski definition) is 6. The first kappa shape index (κ1) is 20.8. The van der Waals surface area contributed by atoms with Crippen LogP contribution in [0, 0.1) is 0 Å². The van der Waals surface area contributed by atoms with E-state index in [-0.39, 0.29) is 28.7 Å². The van der Waals surface area contributed by atoms with E-state index in [2.05, 4.69) is 16.7 Å². The topological polar surface area (TPSA) is 74.5 Å². The number of benzene rings is 1. The number of carbonyl (C=O) groups is 1. The molecule has 27 heavy (non-hydrogen) atoms. The molecule has 9 heteroatoms. The molecule has 0 fully saturated rings. The molecule has 1 aromatic heterocycles. The van der Waals surface area contributed by atoms with Gasteiger partial charge in [0.05, 0.1) is 18.6 Å². The maximum absolute atomic E-state index is 14.6. The van der Waals surface area contributed by atoms with Crippen LogP contribution in [0.15, 0.2) is 34.9 Å². The zero-order valence-corrected chi connectivity index (χ0v) is 16.1. The van der Waals surface area contributed by atoms with Gasteiger partial charge in [-0.25, -0.2) is 4.79 Å². The summed E-state index contributed by atoms with van der Waals surface area (Å²) in [4.78, 5) is 15.6. The Balaban J connectivity index is 2.17. The van der Waals surface area contributed by atoms with Crippen LogP contribution in [-0.2, 0) is 21.9 Å². The van der Waals surface area contributed by atoms with Gasteiger partial charge in [-0.15, -0.1) is 0 Å². The molecule has 0 amide bonds. The molecule has 1 aromatic carbocycles. The maximum atomic E-state index is 14.6. The van der Waals surface area contributed by atoms with Gasteiger partial charge in [0, 0.05) is 11.1 Å². The van der Waals surface area contributed by atoms with Gasteiger partial charge >= 0.3 is 11.9 Å². The third kappa shape index (κ3) is 5.03. The van der Waals surface area contributed by atoms with Crippen molar-refractivity contribution in [3.63, 3.8) is 0 Å². The highest BCUT2D eigenvalue weighted by Gasteiger charge is 2.40. The fraction of sp³-hybridized carbons (Fsp3) is 0.389. The molecule has 0 bridgehead atoms. The molecule has 0 aliphatic rings. The van der Waals surface area contributed by atoms with Gasteiger partial charge in [0.25, 0.3) is 0 Å². The van der Waals surface area contributed by atoms with Gasteiger partial charge < -0.3 is 14.0 Å². The molecule has 2 aromatic rings. The lowest BCUT2D eigenvalue weighted by Gasteiger charge is -2.19. The van der Waals surface area contributed by atoms with E-state index < -0.39 is 28.9 Å². The molecule has 0 saturated carbocycles. The monoisotopic (exact) mass is 400 g/mol. The number of methoxy groups -OCH3 is 1. The number of carbonyl (C=O) groups excluding carboxylic acids is 1. The van der Waals surface area contributed by atoms with Gasteiger partial charge in [-0.05, 0) is 39.0 Å². The Labute approximate surface area is 160 Å². The number of esters is 1. The average Bonchev–Trinajstić information content (AvgIpc) is 3.02. The van der Waals surface area contributed by atoms with Crippen molar-refractivity contribution in [1.82, 2.24) is 10.1 Å². The number of alkyl halides is 2. The van der Waals surface area contributed by atoms with Crippen molar-refractivity contribution in [3.05, 3.63) is 52.7 Å². The first-order valence-corrected chi connectivity index (χ1v) is 8.28. The number of ether oxygens (including phenoxy) is 2. The molecule has 0 aliphatic heterocycles. The predicted octanol–water partition coefficient (Wildman–Crippen LogP) is 4.31. The lowest BCUT2D eigenvalue weighted by atomic mass is 10.1. The zero-order chi connectivity index (χ0) is 20.4. The van der Waals surface area contributed by atoms with Gasteiger partial charge in [0.15, 0.2) is 0 Å². The third-order valence-electron chi connectivity index (χ3n) is 3.32. The minimum absolute atomic E-state index is 0.0101. The van der Waals surface area contributed by atoms with Gasteiger partial charge in [0.1, 0.15) is 11.4 Å². The van der Waals surface area contributed by atoms with E-state index >= 15 is 0 Å². The molecule has 2 rings (SSSR count). The Morgan fingerprint density at radius 2 is 2.00 bits per heavy atom. The van der Waals surface area contributed by atoms with Crippen molar-refractivity contribution < 1.29 is 27.6 Å². The van der Waals surface area contributed by atoms with Crippen LogP contribution in [0.1, 0.15) is 38.0 Å². The molecule has 0 atom stereocenters. The first-order valence-electron chi connectivity index (χ1n) is 7.90. The summed E-state index contributed by atoms with van der Waals surface area (Å²) in [6.45, 7) is 8.67. The second-order valence-electron chi connectivity index (χ2n) is 6.72.